The van der Waals surface area contributed by atoms with Crippen LogP contribution in [0.25, 0.3) is 0 Å². The van der Waals surface area contributed by atoms with Gasteiger partial charge in [-0.1, -0.05) is 24.3 Å². The summed E-state index contributed by atoms with van der Waals surface area (Å²) in [4.78, 5) is 26.0. The summed E-state index contributed by atoms with van der Waals surface area (Å²) in [6.07, 6.45) is 1.25. The molecule has 0 spiro atoms. The van der Waals surface area contributed by atoms with Crippen molar-refractivity contribution in [2.45, 2.75) is 20.3 Å². The smallest absolute Gasteiger partial charge is 0.249 e. The number of para-hydroxylation sites is 1. The highest BCUT2D eigenvalue weighted by Crippen LogP contribution is 2.21. The van der Waals surface area contributed by atoms with Crippen LogP contribution in [0.5, 0.6) is 0 Å². The van der Waals surface area contributed by atoms with Crippen molar-refractivity contribution >= 4 is 45.3 Å². The van der Waals surface area contributed by atoms with Gasteiger partial charge in [0, 0.05) is 23.2 Å². The van der Waals surface area contributed by atoms with E-state index in [2.05, 4.69) is 50.5 Å². The summed E-state index contributed by atoms with van der Waals surface area (Å²) in [5.41, 5.74) is 5.00. The summed E-state index contributed by atoms with van der Waals surface area (Å²) >= 11 is 3.34. The van der Waals surface area contributed by atoms with Gasteiger partial charge in [0.25, 0.3) is 0 Å². The molecule has 7 heteroatoms. The Hall–Kier alpha value is -2.67. The van der Waals surface area contributed by atoms with Gasteiger partial charge in [0.15, 0.2) is 0 Å². The molecular formula is C20H23BrN4O2. The third-order valence-corrected chi connectivity index (χ3v) is 4.59. The second-order valence-electron chi connectivity index (χ2n) is 5.76. The first-order valence-corrected chi connectivity index (χ1v) is 9.54. The first-order chi connectivity index (χ1) is 13.0. The lowest BCUT2D eigenvalue weighted by molar-refractivity contribution is -0.126. The van der Waals surface area contributed by atoms with Gasteiger partial charge in [-0.05, 0) is 59.6 Å². The molecule has 2 rings (SSSR count). The van der Waals surface area contributed by atoms with E-state index in [9.17, 15) is 9.59 Å². The van der Waals surface area contributed by atoms with Crippen LogP contribution < -0.4 is 15.6 Å². The maximum Gasteiger partial charge on any atom is 0.249 e. The Morgan fingerprint density at radius 3 is 2.33 bits per heavy atom. The van der Waals surface area contributed by atoms with Crippen LogP contribution in [-0.2, 0) is 9.59 Å². The summed E-state index contributed by atoms with van der Waals surface area (Å²) < 4.78 is 0.755. The Balaban J connectivity index is 1.82. The number of halogens is 1. The fraction of sp³-hybridized carbons (Fsp3) is 0.250. The number of nitrogens with one attached hydrogen (secondary N) is 2. The number of carbonyl (C=O) groups excluding carboxylic acids is 2. The predicted octanol–water partition coefficient (Wildman–Crippen LogP) is 3.77. The SMILES string of the molecule is CCN(CC)c1ccc(C=NNC(=O)CC(=O)Nc2ccccc2Br)cc1. The molecule has 0 saturated carbocycles. The fourth-order valence-corrected chi connectivity index (χ4v) is 2.87. The minimum atomic E-state index is -0.476. The Morgan fingerprint density at radius 1 is 1.04 bits per heavy atom. The number of hydrogen-bond donors (Lipinski definition) is 2. The molecule has 2 N–H and O–H groups in total. The number of rotatable bonds is 8. The Bertz CT molecular complexity index is 802. The molecule has 0 heterocycles. The molecule has 0 aromatic heterocycles. The zero-order valence-electron chi connectivity index (χ0n) is 15.4. The lowest BCUT2D eigenvalue weighted by Gasteiger charge is -2.20. The lowest BCUT2D eigenvalue weighted by atomic mass is 10.2. The van der Waals surface area contributed by atoms with Crippen molar-refractivity contribution in [2.24, 2.45) is 5.10 Å². The number of anilines is 2. The van der Waals surface area contributed by atoms with Gasteiger partial charge < -0.3 is 10.2 Å². The van der Waals surface area contributed by atoms with E-state index in [4.69, 9.17) is 0 Å². The molecule has 0 fully saturated rings. The third kappa shape index (κ3) is 6.53. The zero-order chi connectivity index (χ0) is 19.6. The monoisotopic (exact) mass is 430 g/mol. The molecule has 0 aliphatic rings. The molecule has 0 aliphatic heterocycles. The first-order valence-electron chi connectivity index (χ1n) is 8.74. The van der Waals surface area contributed by atoms with Crippen molar-refractivity contribution in [3.63, 3.8) is 0 Å². The van der Waals surface area contributed by atoms with Crippen molar-refractivity contribution in [3.05, 3.63) is 58.6 Å². The number of hydrazone groups is 1. The summed E-state index contributed by atoms with van der Waals surface area (Å²) in [6, 6.07) is 15.1. The molecule has 0 bridgehead atoms. The van der Waals surface area contributed by atoms with Crippen molar-refractivity contribution in [1.82, 2.24) is 5.43 Å². The summed E-state index contributed by atoms with van der Waals surface area (Å²) in [5, 5.41) is 6.58. The standard InChI is InChI=1S/C20H23BrN4O2/c1-3-25(4-2)16-11-9-15(10-12-16)14-22-24-20(27)13-19(26)23-18-8-6-5-7-17(18)21/h5-12,14H,3-4,13H2,1-2H3,(H,23,26)(H,24,27). The summed E-state index contributed by atoms with van der Waals surface area (Å²) in [6.45, 7) is 6.12. The van der Waals surface area contributed by atoms with Crippen LogP contribution in [0.15, 0.2) is 58.1 Å². The quantitative estimate of drug-likeness (QED) is 0.380. The average Bonchev–Trinajstić information content (AvgIpc) is 2.66. The molecule has 6 nitrogen and oxygen atoms in total. The fourth-order valence-electron chi connectivity index (χ4n) is 2.48. The van der Waals surface area contributed by atoms with Crippen LogP contribution in [0.2, 0.25) is 0 Å². The van der Waals surface area contributed by atoms with Crippen molar-refractivity contribution in [2.75, 3.05) is 23.3 Å². The van der Waals surface area contributed by atoms with E-state index in [1.165, 1.54) is 0 Å². The molecule has 0 radical (unpaired) electrons. The largest absolute Gasteiger partial charge is 0.372 e. The Labute approximate surface area is 167 Å². The van der Waals surface area contributed by atoms with Crippen molar-refractivity contribution in [3.8, 4) is 0 Å². The molecule has 27 heavy (non-hydrogen) atoms. The van der Waals surface area contributed by atoms with Gasteiger partial charge in [-0.3, -0.25) is 9.59 Å². The van der Waals surface area contributed by atoms with Crippen LogP contribution in [0.4, 0.5) is 11.4 Å². The van der Waals surface area contributed by atoms with Gasteiger partial charge in [-0.15, -0.1) is 0 Å². The summed E-state index contributed by atoms with van der Waals surface area (Å²) in [7, 11) is 0. The Morgan fingerprint density at radius 2 is 1.70 bits per heavy atom. The molecule has 0 unspecified atom stereocenters. The lowest BCUT2D eigenvalue weighted by Crippen LogP contribution is -2.24. The molecule has 2 aromatic carbocycles. The molecule has 0 saturated heterocycles. The predicted molar refractivity (Wildman–Crippen MR) is 113 cm³/mol. The molecule has 0 atom stereocenters. The van der Waals surface area contributed by atoms with E-state index in [0.717, 1.165) is 28.8 Å². The minimum Gasteiger partial charge on any atom is -0.372 e. The molecule has 0 aliphatic carbocycles. The highest BCUT2D eigenvalue weighted by Gasteiger charge is 2.10. The number of carbonyl (C=O) groups is 2. The van der Waals surface area contributed by atoms with Crippen molar-refractivity contribution in [1.29, 1.82) is 0 Å². The van der Waals surface area contributed by atoms with Crippen LogP contribution in [0.1, 0.15) is 25.8 Å². The maximum absolute atomic E-state index is 11.9. The van der Waals surface area contributed by atoms with E-state index in [1.54, 1.807) is 18.3 Å². The normalized spacial score (nSPS) is 10.6. The van der Waals surface area contributed by atoms with Gasteiger partial charge in [0.2, 0.25) is 11.8 Å². The van der Waals surface area contributed by atoms with Gasteiger partial charge in [-0.2, -0.15) is 5.10 Å². The first kappa shape index (κ1) is 20.6. The van der Waals surface area contributed by atoms with Crippen LogP contribution in [0.3, 0.4) is 0 Å². The second-order valence-corrected chi connectivity index (χ2v) is 6.62. The van der Waals surface area contributed by atoms with E-state index in [0.29, 0.717) is 5.69 Å². The zero-order valence-corrected chi connectivity index (χ0v) is 17.0. The third-order valence-electron chi connectivity index (χ3n) is 3.89. The van der Waals surface area contributed by atoms with E-state index >= 15 is 0 Å². The highest BCUT2D eigenvalue weighted by molar-refractivity contribution is 9.10. The summed E-state index contributed by atoms with van der Waals surface area (Å²) in [5.74, 6) is -0.881. The van der Waals surface area contributed by atoms with Gasteiger partial charge in [0.1, 0.15) is 6.42 Å². The van der Waals surface area contributed by atoms with E-state index < -0.39 is 11.8 Å². The maximum atomic E-state index is 11.9. The average molecular weight is 431 g/mol. The van der Waals surface area contributed by atoms with E-state index in [-0.39, 0.29) is 6.42 Å². The van der Waals surface area contributed by atoms with Crippen LogP contribution in [0, 0.1) is 0 Å². The molecule has 2 amide bonds. The van der Waals surface area contributed by atoms with Gasteiger partial charge in [-0.25, -0.2) is 5.43 Å². The van der Waals surface area contributed by atoms with Crippen molar-refractivity contribution < 1.29 is 9.59 Å². The second kappa shape index (κ2) is 10.5. The number of amides is 2. The van der Waals surface area contributed by atoms with Crippen LogP contribution >= 0.6 is 15.9 Å². The van der Waals surface area contributed by atoms with Gasteiger partial charge >= 0.3 is 0 Å². The molecular weight excluding hydrogens is 408 g/mol. The minimum absolute atomic E-state index is 0.306. The van der Waals surface area contributed by atoms with Gasteiger partial charge in [0.05, 0.1) is 11.9 Å². The number of benzene rings is 2. The number of hydrogen-bond acceptors (Lipinski definition) is 4. The number of nitrogens with zero attached hydrogens (tertiary/aromatic N) is 2. The topological polar surface area (TPSA) is 73.8 Å². The molecule has 142 valence electrons. The van der Waals surface area contributed by atoms with E-state index in [1.807, 2.05) is 36.4 Å². The molecule has 2 aromatic rings. The van der Waals surface area contributed by atoms with Crippen LogP contribution in [-0.4, -0.2) is 31.1 Å². The highest BCUT2D eigenvalue weighted by atomic mass is 79.9. The Kier molecular flexibility index (Phi) is 8.00.